The first-order chi connectivity index (χ1) is 13.1. The van der Waals surface area contributed by atoms with E-state index in [0.29, 0.717) is 42.6 Å². The number of nitrogens with zero attached hydrogens (tertiary/aromatic N) is 2. The predicted octanol–water partition coefficient (Wildman–Crippen LogP) is 4.22. The van der Waals surface area contributed by atoms with Gasteiger partial charge in [-0.25, -0.2) is 12.8 Å². The van der Waals surface area contributed by atoms with E-state index >= 15 is 0 Å². The molecule has 0 unspecified atom stereocenters. The fourth-order valence-electron chi connectivity index (χ4n) is 3.72. The first-order valence-electron chi connectivity index (χ1n) is 9.35. The lowest BCUT2D eigenvalue weighted by Gasteiger charge is -2.35. The van der Waals surface area contributed by atoms with Crippen molar-refractivity contribution < 1.29 is 12.8 Å². The Morgan fingerprint density at radius 1 is 0.964 bits per heavy atom. The molecule has 4 nitrogen and oxygen atoms in total. The van der Waals surface area contributed by atoms with Gasteiger partial charge < -0.3 is 0 Å². The fourth-order valence-corrected chi connectivity index (χ4v) is 5.94. The van der Waals surface area contributed by atoms with Crippen molar-refractivity contribution in [2.45, 2.75) is 39.1 Å². The number of sulfonamides is 1. The fraction of sp³-hybridized carbons (Fsp3) is 0.429. The van der Waals surface area contributed by atoms with Crippen molar-refractivity contribution in [1.82, 2.24) is 9.21 Å². The summed E-state index contributed by atoms with van der Waals surface area (Å²) < 4.78 is 41.5. The standard InChI is InChI=1S/C21H26ClFN2O2S/c1-14-11-15(2)17(4)21(16(14)3)28(26,27)25-9-7-24(8-10-25)13-18-5-6-19(23)12-20(18)22/h5-6,11-12H,7-10,13H2,1-4H3. The van der Waals surface area contributed by atoms with E-state index in [1.807, 2.05) is 33.8 Å². The molecule has 0 radical (unpaired) electrons. The summed E-state index contributed by atoms with van der Waals surface area (Å²) in [6, 6.07) is 6.42. The first-order valence-corrected chi connectivity index (χ1v) is 11.2. The van der Waals surface area contributed by atoms with E-state index in [4.69, 9.17) is 11.6 Å². The second-order valence-electron chi connectivity index (χ2n) is 7.51. The van der Waals surface area contributed by atoms with Gasteiger partial charge in [-0.15, -0.1) is 0 Å². The minimum atomic E-state index is -3.55. The maximum atomic E-state index is 13.3. The highest BCUT2D eigenvalue weighted by Crippen LogP contribution is 2.29. The second-order valence-corrected chi connectivity index (χ2v) is 9.79. The van der Waals surface area contributed by atoms with Crippen molar-refractivity contribution in [2.75, 3.05) is 26.2 Å². The second kappa shape index (κ2) is 8.11. The van der Waals surface area contributed by atoms with Gasteiger partial charge in [-0.3, -0.25) is 4.90 Å². The van der Waals surface area contributed by atoms with Crippen molar-refractivity contribution in [3.05, 3.63) is 62.9 Å². The summed E-state index contributed by atoms with van der Waals surface area (Å²) in [5.74, 6) is -0.358. The van der Waals surface area contributed by atoms with Crippen LogP contribution in [0, 0.1) is 33.5 Å². The van der Waals surface area contributed by atoms with Gasteiger partial charge in [-0.2, -0.15) is 4.31 Å². The first kappa shape index (κ1) is 21.2. The van der Waals surface area contributed by atoms with Crippen LogP contribution in [0.2, 0.25) is 5.02 Å². The van der Waals surface area contributed by atoms with Gasteiger partial charge in [0.05, 0.1) is 4.90 Å². The van der Waals surface area contributed by atoms with Gasteiger partial charge >= 0.3 is 0 Å². The summed E-state index contributed by atoms with van der Waals surface area (Å²) in [5, 5.41) is 0.400. The minimum absolute atomic E-state index is 0.358. The quantitative estimate of drug-likeness (QED) is 0.737. The molecule has 1 heterocycles. The van der Waals surface area contributed by atoms with E-state index < -0.39 is 10.0 Å². The minimum Gasteiger partial charge on any atom is -0.296 e. The van der Waals surface area contributed by atoms with E-state index in [1.54, 1.807) is 10.4 Å². The summed E-state index contributed by atoms with van der Waals surface area (Å²) >= 11 is 6.12. The van der Waals surface area contributed by atoms with Crippen LogP contribution in [0.3, 0.4) is 0 Å². The van der Waals surface area contributed by atoms with Gasteiger partial charge in [-0.1, -0.05) is 23.7 Å². The van der Waals surface area contributed by atoms with E-state index in [1.165, 1.54) is 12.1 Å². The van der Waals surface area contributed by atoms with E-state index in [0.717, 1.165) is 27.8 Å². The highest BCUT2D eigenvalue weighted by atomic mass is 35.5. The number of piperazine rings is 1. The molecular formula is C21H26ClFN2O2S. The summed E-state index contributed by atoms with van der Waals surface area (Å²) in [7, 11) is -3.55. The molecule has 0 saturated carbocycles. The van der Waals surface area contributed by atoms with Crippen LogP contribution in [-0.4, -0.2) is 43.8 Å². The molecule has 2 aromatic carbocycles. The summed E-state index contributed by atoms with van der Waals surface area (Å²) in [5.41, 5.74) is 4.48. The molecule has 1 aliphatic heterocycles. The van der Waals surface area contributed by atoms with Crippen LogP contribution in [0.25, 0.3) is 0 Å². The van der Waals surface area contributed by atoms with Crippen LogP contribution in [-0.2, 0) is 16.6 Å². The molecule has 0 spiro atoms. The van der Waals surface area contributed by atoms with Crippen molar-refractivity contribution >= 4 is 21.6 Å². The Labute approximate surface area is 172 Å². The summed E-state index contributed by atoms with van der Waals surface area (Å²) in [6.07, 6.45) is 0. The predicted molar refractivity (Wildman–Crippen MR) is 111 cm³/mol. The van der Waals surface area contributed by atoms with Crippen LogP contribution in [0.4, 0.5) is 4.39 Å². The molecule has 0 bridgehead atoms. The molecule has 152 valence electrons. The number of rotatable bonds is 4. The molecule has 1 fully saturated rings. The van der Waals surface area contributed by atoms with Crippen LogP contribution in [0.1, 0.15) is 27.8 Å². The lowest BCUT2D eigenvalue weighted by atomic mass is 10.0. The number of hydrogen-bond acceptors (Lipinski definition) is 3. The Morgan fingerprint density at radius 2 is 1.54 bits per heavy atom. The molecule has 0 aliphatic carbocycles. The largest absolute Gasteiger partial charge is 0.296 e. The van der Waals surface area contributed by atoms with Gasteiger partial charge in [0.1, 0.15) is 5.82 Å². The number of hydrogen-bond donors (Lipinski definition) is 0. The Morgan fingerprint density at radius 3 is 2.07 bits per heavy atom. The molecule has 0 aromatic heterocycles. The Bertz CT molecular complexity index is 974. The van der Waals surface area contributed by atoms with Crippen molar-refractivity contribution in [3.8, 4) is 0 Å². The van der Waals surface area contributed by atoms with Gasteiger partial charge in [-0.05, 0) is 67.6 Å². The van der Waals surface area contributed by atoms with Crippen molar-refractivity contribution in [3.63, 3.8) is 0 Å². The highest BCUT2D eigenvalue weighted by Gasteiger charge is 2.31. The zero-order valence-electron chi connectivity index (χ0n) is 16.7. The average Bonchev–Trinajstić information content (AvgIpc) is 2.63. The maximum absolute atomic E-state index is 13.3. The van der Waals surface area contributed by atoms with Gasteiger partial charge in [0.15, 0.2) is 0 Å². The molecule has 2 aromatic rings. The smallest absolute Gasteiger partial charge is 0.243 e. The zero-order chi connectivity index (χ0) is 20.6. The molecule has 0 N–H and O–H groups in total. The monoisotopic (exact) mass is 424 g/mol. The van der Waals surface area contributed by atoms with Crippen molar-refractivity contribution in [1.29, 1.82) is 0 Å². The highest BCUT2D eigenvalue weighted by molar-refractivity contribution is 7.89. The average molecular weight is 425 g/mol. The van der Waals surface area contributed by atoms with Crippen LogP contribution in [0.15, 0.2) is 29.2 Å². The van der Waals surface area contributed by atoms with E-state index in [9.17, 15) is 12.8 Å². The molecule has 0 amide bonds. The van der Waals surface area contributed by atoms with Gasteiger partial charge in [0.2, 0.25) is 10.0 Å². The van der Waals surface area contributed by atoms with Crippen LogP contribution in [0.5, 0.6) is 0 Å². The maximum Gasteiger partial charge on any atom is 0.243 e. The number of benzene rings is 2. The van der Waals surface area contributed by atoms with Gasteiger partial charge in [0.25, 0.3) is 0 Å². The molecule has 1 saturated heterocycles. The molecule has 0 atom stereocenters. The SMILES string of the molecule is Cc1cc(C)c(C)c(S(=O)(=O)N2CCN(Cc3ccc(F)cc3Cl)CC2)c1C. The Hall–Kier alpha value is -1.47. The van der Waals surface area contributed by atoms with Crippen molar-refractivity contribution in [2.24, 2.45) is 0 Å². The Balaban J connectivity index is 1.76. The third-order valence-corrected chi connectivity index (χ3v) is 8.16. The Kier molecular flexibility index (Phi) is 6.15. The molecular weight excluding hydrogens is 399 g/mol. The molecule has 3 rings (SSSR count). The molecule has 28 heavy (non-hydrogen) atoms. The zero-order valence-corrected chi connectivity index (χ0v) is 18.3. The number of aryl methyl sites for hydroxylation is 2. The summed E-state index contributed by atoms with van der Waals surface area (Å²) in [4.78, 5) is 2.59. The van der Waals surface area contributed by atoms with Gasteiger partial charge in [0, 0.05) is 37.7 Å². The van der Waals surface area contributed by atoms with E-state index in [-0.39, 0.29) is 5.82 Å². The third kappa shape index (κ3) is 4.10. The van der Waals surface area contributed by atoms with Crippen LogP contribution >= 0.6 is 11.6 Å². The lowest BCUT2D eigenvalue weighted by molar-refractivity contribution is 0.181. The topological polar surface area (TPSA) is 40.6 Å². The third-order valence-electron chi connectivity index (χ3n) is 5.64. The molecule has 1 aliphatic rings. The summed E-state index contributed by atoms with van der Waals surface area (Å²) in [6.45, 7) is 10.3. The van der Waals surface area contributed by atoms with Crippen LogP contribution < -0.4 is 0 Å². The molecule has 7 heteroatoms. The normalized spacial score (nSPS) is 16.5. The van der Waals surface area contributed by atoms with E-state index in [2.05, 4.69) is 4.90 Å². The number of halogens is 2. The lowest BCUT2D eigenvalue weighted by Crippen LogP contribution is -2.48.